The van der Waals surface area contributed by atoms with Crippen LogP contribution in [-0.4, -0.2) is 7.11 Å². The monoisotopic (exact) mass is 333 g/mol. The summed E-state index contributed by atoms with van der Waals surface area (Å²) in [6.45, 7) is 3.36. The summed E-state index contributed by atoms with van der Waals surface area (Å²) in [5.41, 5.74) is 4.65. The molecule has 25 heavy (non-hydrogen) atoms. The molecule has 0 bridgehead atoms. The second kappa shape index (κ2) is 8.25. The highest BCUT2D eigenvalue weighted by Gasteiger charge is 2.07. The number of para-hydroxylation sites is 1. The summed E-state index contributed by atoms with van der Waals surface area (Å²) in [5, 5.41) is 3.40. The fraction of sp³-hybridized carbons (Fsp3) is 0.182. The second-order valence-electron chi connectivity index (χ2n) is 5.92. The van der Waals surface area contributed by atoms with E-state index < -0.39 is 0 Å². The molecular weight excluding hydrogens is 310 g/mol. The van der Waals surface area contributed by atoms with Crippen molar-refractivity contribution in [2.24, 2.45) is 0 Å². The number of methoxy groups -OCH3 is 1. The third-order valence-corrected chi connectivity index (χ3v) is 4.14. The summed E-state index contributed by atoms with van der Waals surface area (Å²) in [4.78, 5) is 0. The molecule has 0 aliphatic carbocycles. The normalized spacial score (nSPS) is 10.3. The molecule has 3 aromatic rings. The van der Waals surface area contributed by atoms with Gasteiger partial charge in [-0.3, -0.25) is 0 Å². The summed E-state index contributed by atoms with van der Waals surface area (Å²) in [7, 11) is 1.67. The predicted molar refractivity (Wildman–Crippen MR) is 102 cm³/mol. The van der Waals surface area contributed by atoms with Crippen LogP contribution in [0.25, 0.3) is 0 Å². The average Bonchev–Trinajstić information content (AvgIpc) is 2.67. The molecule has 0 aromatic heterocycles. The number of ether oxygens (including phenoxy) is 2. The standard InChI is InChI=1S/C22H23NO2/c1-17-8-6-7-9-19(17)16-25-21-13-12-18(14-22(21)24-2)15-23-20-10-4-3-5-11-20/h3-14,23H,15-16H2,1-2H3. The summed E-state index contributed by atoms with van der Waals surface area (Å²) in [6, 6.07) is 24.4. The van der Waals surface area contributed by atoms with Crippen LogP contribution in [-0.2, 0) is 13.2 Å². The molecule has 0 heterocycles. The molecule has 1 N–H and O–H groups in total. The first-order valence-electron chi connectivity index (χ1n) is 8.39. The molecule has 3 heteroatoms. The van der Waals surface area contributed by atoms with Crippen LogP contribution >= 0.6 is 0 Å². The van der Waals surface area contributed by atoms with E-state index in [9.17, 15) is 0 Å². The van der Waals surface area contributed by atoms with E-state index in [2.05, 4.69) is 42.6 Å². The molecule has 0 aliphatic rings. The molecule has 0 saturated carbocycles. The Labute approximate surface area is 149 Å². The van der Waals surface area contributed by atoms with Gasteiger partial charge in [0.2, 0.25) is 0 Å². The largest absolute Gasteiger partial charge is 0.493 e. The number of nitrogens with one attached hydrogen (secondary N) is 1. The van der Waals surface area contributed by atoms with Gasteiger partial charge in [0.25, 0.3) is 0 Å². The first kappa shape index (κ1) is 16.9. The van der Waals surface area contributed by atoms with Gasteiger partial charge >= 0.3 is 0 Å². The second-order valence-corrected chi connectivity index (χ2v) is 5.92. The molecule has 0 unspecified atom stereocenters. The van der Waals surface area contributed by atoms with E-state index in [1.54, 1.807) is 7.11 Å². The van der Waals surface area contributed by atoms with Crippen LogP contribution in [0.4, 0.5) is 5.69 Å². The highest BCUT2D eigenvalue weighted by molar-refractivity contribution is 5.46. The first-order valence-corrected chi connectivity index (χ1v) is 8.39. The van der Waals surface area contributed by atoms with E-state index in [0.29, 0.717) is 6.61 Å². The van der Waals surface area contributed by atoms with E-state index in [4.69, 9.17) is 9.47 Å². The van der Waals surface area contributed by atoms with Gasteiger partial charge in [-0.15, -0.1) is 0 Å². The van der Waals surface area contributed by atoms with E-state index in [1.807, 2.05) is 42.5 Å². The SMILES string of the molecule is COc1cc(CNc2ccccc2)ccc1OCc1ccccc1C. The minimum atomic E-state index is 0.532. The third-order valence-electron chi connectivity index (χ3n) is 4.14. The number of anilines is 1. The summed E-state index contributed by atoms with van der Waals surface area (Å²) >= 11 is 0. The van der Waals surface area contributed by atoms with Crippen LogP contribution in [0, 0.1) is 6.92 Å². The smallest absolute Gasteiger partial charge is 0.161 e. The van der Waals surface area contributed by atoms with Crippen LogP contribution in [0.1, 0.15) is 16.7 Å². The molecule has 0 atom stereocenters. The van der Waals surface area contributed by atoms with Crippen molar-refractivity contribution in [2.75, 3.05) is 12.4 Å². The summed E-state index contributed by atoms with van der Waals surface area (Å²) < 4.78 is 11.5. The minimum Gasteiger partial charge on any atom is -0.493 e. The molecule has 0 spiro atoms. The number of aryl methyl sites for hydroxylation is 1. The van der Waals surface area contributed by atoms with Crippen molar-refractivity contribution in [2.45, 2.75) is 20.1 Å². The van der Waals surface area contributed by atoms with Crippen LogP contribution in [0.3, 0.4) is 0 Å². The van der Waals surface area contributed by atoms with Crippen molar-refractivity contribution in [3.05, 3.63) is 89.5 Å². The topological polar surface area (TPSA) is 30.5 Å². The fourth-order valence-corrected chi connectivity index (χ4v) is 2.63. The minimum absolute atomic E-state index is 0.532. The Morgan fingerprint density at radius 3 is 2.36 bits per heavy atom. The van der Waals surface area contributed by atoms with Crippen LogP contribution in [0.5, 0.6) is 11.5 Å². The Kier molecular flexibility index (Phi) is 5.57. The van der Waals surface area contributed by atoms with Crippen molar-refractivity contribution in [3.63, 3.8) is 0 Å². The molecular formula is C22H23NO2. The lowest BCUT2D eigenvalue weighted by Crippen LogP contribution is -2.02. The van der Waals surface area contributed by atoms with Crippen molar-refractivity contribution in [1.29, 1.82) is 0 Å². The zero-order valence-electron chi connectivity index (χ0n) is 14.7. The molecule has 0 aliphatic heterocycles. The zero-order chi connectivity index (χ0) is 17.5. The highest BCUT2D eigenvalue weighted by Crippen LogP contribution is 2.29. The first-order chi connectivity index (χ1) is 12.3. The van der Waals surface area contributed by atoms with Crippen molar-refractivity contribution in [1.82, 2.24) is 0 Å². The Morgan fingerprint density at radius 1 is 0.840 bits per heavy atom. The van der Waals surface area contributed by atoms with Gasteiger partial charge in [-0.25, -0.2) is 0 Å². The summed E-state index contributed by atoms with van der Waals surface area (Å²) in [6.07, 6.45) is 0. The Bertz CT molecular complexity index is 815. The molecule has 3 aromatic carbocycles. The van der Waals surface area contributed by atoms with E-state index in [-0.39, 0.29) is 0 Å². The van der Waals surface area contributed by atoms with Gasteiger partial charge in [0.05, 0.1) is 7.11 Å². The molecule has 3 rings (SSSR count). The van der Waals surface area contributed by atoms with Crippen LogP contribution in [0.2, 0.25) is 0 Å². The van der Waals surface area contributed by atoms with E-state index in [0.717, 1.165) is 29.3 Å². The van der Waals surface area contributed by atoms with E-state index >= 15 is 0 Å². The highest BCUT2D eigenvalue weighted by atomic mass is 16.5. The molecule has 0 radical (unpaired) electrons. The lowest BCUT2D eigenvalue weighted by Gasteiger charge is -2.14. The molecule has 3 nitrogen and oxygen atoms in total. The molecule has 0 fully saturated rings. The number of rotatable bonds is 7. The Hall–Kier alpha value is -2.94. The lowest BCUT2D eigenvalue weighted by molar-refractivity contribution is 0.283. The average molecular weight is 333 g/mol. The van der Waals surface area contributed by atoms with Gasteiger partial charge in [-0.2, -0.15) is 0 Å². The maximum Gasteiger partial charge on any atom is 0.161 e. The number of hydrogen-bond acceptors (Lipinski definition) is 3. The van der Waals surface area contributed by atoms with Crippen molar-refractivity contribution in [3.8, 4) is 11.5 Å². The van der Waals surface area contributed by atoms with Gasteiger partial charge in [0, 0.05) is 12.2 Å². The van der Waals surface area contributed by atoms with E-state index in [1.165, 1.54) is 11.1 Å². The van der Waals surface area contributed by atoms with Gasteiger partial charge < -0.3 is 14.8 Å². The molecule has 0 saturated heterocycles. The molecule has 0 amide bonds. The predicted octanol–water partition coefficient (Wildman–Crippen LogP) is 5.19. The quantitative estimate of drug-likeness (QED) is 0.645. The van der Waals surface area contributed by atoms with Crippen LogP contribution < -0.4 is 14.8 Å². The lowest BCUT2D eigenvalue weighted by atomic mass is 10.1. The maximum absolute atomic E-state index is 5.97. The van der Waals surface area contributed by atoms with Gasteiger partial charge in [0.15, 0.2) is 11.5 Å². The maximum atomic E-state index is 5.97. The number of hydrogen-bond donors (Lipinski definition) is 1. The molecule has 128 valence electrons. The van der Waals surface area contributed by atoms with Crippen molar-refractivity contribution < 1.29 is 9.47 Å². The van der Waals surface area contributed by atoms with Gasteiger partial charge in [-0.05, 0) is 47.9 Å². The zero-order valence-corrected chi connectivity index (χ0v) is 14.7. The Morgan fingerprint density at radius 2 is 1.60 bits per heavy atom. The third kappa shape index (κ3) is 4.54. The van der Waals surface area contributed by atoms with Gasteiger partial charge in [0.1, 0.15) is 6.61 Å². The number of benzene rings is 3. The van der Waals surface area contributed by atoms with Gasteiger partial charge in [-0.1, -0.05) is 48.5 Å². The van der Waals surface area contributed by atoms with Crippen molar-refractivity contribution >= 4 is 5.69 Å². The summed E-state index contributed by atoms with van der Waals surface area (Å²) in [5.74, 6) is 1.51. The Balaban J connectivity index is 1.66. The van der Waals surface area contributed by atoms with Crippen LogP contribution in [0.15, 0.2) is 72.8 Å². The fourth-order valence-electron chi connectivity index (χ4n) is 2.63.